The molecule has 0 bridgehead atoms. The summed E-state index contributed by atoms with van der Waals surface area (Å²) in [5.41, 5.74) is 1.44. The molecule has 0 aromatic heterocycles. The summed E-state index contributed by atoms with van der Waals surface area (Å²) in [5, 5.41) is 23.5. The van der Waals surface area contributed by atoms with E-state index in [1.807, 2.05) is 42.5 Å². The van der Waals surface area contributed by atoms with Crippen molar-refractivity contribution in [3.8, 4) is 11.1 Å². The Labute approximate surface area is 169 Å². The Balaban J connectivity index is 2.11. The van der Waals surface area contributed by atoms with Gasteiger partial charge in [0.25, 0.3) is 5.91 Å². The molecular weight excluding hydrogens is 372 g/mol. The van der Waals surface area contributed by atoms with Crippen LogP contribution < -0.4 is 10.6 Å². The Bertz CT molecular complexity index is 847. The average Bonchev–Trinajstić information content (AvgIpc) is 2.71. The predicted molar refractivity (Wildman–Crippen MR) is 109 cm³/mol. The molecule has 1 atom stereocenters. The van der Waals surface area contributed by atoms with Crippen LogP contribution in [0.25, 0.3) is 11.1 Å². The lowest BCUT2D eigenvalue weighted by molar-refractivity contribution is -0.137. The number of aliphatic hydroxyl groups is 1. The van der Waals surface area contributed by atoms with Gasteiger partial charge in [-0.25, -0.2) is 0 Å². The van der Waals surface area contributed by atoms with Crippen LogP contribution in [0.5, 0.6) is 0 Å². The summed E-state index contributed by atoms with van der Waals surface area (Å²) in [7, 11) is 0. The molecule has 0 fully saturated rings. The quantitative estimate of drug-likeness (QED) is 0.517. The van der Waals surface area contributed by atoms with Gasteiger partial charge in [-0.2, -0.15) is 0 Å². The number of carboxylic acid groups (broad SMARTS) is 1. The summed E-state index contributed by atoms with van der Waals surface area (Å²) in [4.78, 5) is 36.0. The number of carbonyl (C=O) groups excluding carboxylic acids is 2. The monoisotopic (exact) mass is 398 g/mol. The number of hydrogen-bond donors (Lipinski definition) is 4. The van der Waals surface area contributed by atoms with Crippen molar-refractivity contribution < 1.29 is 24.6 Å². The van der Waals surface area contributed by atoms with Gasteiger partial charge in [-0.05, 0) is 43.5 Å². The second-order valence-electron chi connectivity index (χ2n) is 7.43. The third-order valence-electron chi connectivity index (χ3n) is 4.38. The molecule has 2 aromatic rings. The Kier molecular flexibility index (Phi) is 7.50. The number of nitrogens with one attached hydrogen (secondary N) is 2. The second kappa shape index (κ2) is 9.84. The number of amides is 2. The van der Waals surface area contributed by atoms with Gasteiger partial charge in [-0.1, -0.05) is 42.5 Å². The van der Waals surface area contributed by atoms with E-state index in [9.17, 15) is 19.5 Å². The highest BCUT2D eigenvalue weighted by Gasteiger charge is 2.27. The molecule has 7 heteroatoms. The molecule has 0 saturated carbocycles. The molecule has 2 rings (SSSR count). The molecule has 0 heterocycles. The van der Waals surface area contributed by atoms with E-state index in [-0.39, 0.29) is 19.4 Å². The van der Waals surface area contributed by atoms with E-state index in [1.54, 1.807) is 26.0 Å². The first-order valence-corrected chi connectivity index (χ1v) is 9.33. The Hall–Kier alpha value is -3.19. The van der Waals surface area contributed by atoms with E-state index in [0.717, 1.165) is 11.1 Å². The number of carboxylic acids is 1. The average molecular weight is 398 g/mol. The van der Waals surface area contributed by atoms with Gasteiger partial charge in [0.05, 0.1) is 12.1 Å². The maximum Gasteiger partial charge on any atom is 0.303 e. The molecule has 0 spiro atoms. The van der Waals surface area contributed by atoms with Crippen molar-refractivity contribution in [2.45, 2.75) is 38.3 Å². The molecule has 0 aliphatic carbocycles. The minimum absolute atomic E-state index is 0.0590. The van der Waals surface area contributed by atoms with E-state index in [0.29, 0.717) is 5.56 Å². The largest absolute Gasteiger partial charge is 0.481 e. The fourth-order valence-electron chi connectivity index (χ4n) is 2.68. The van der Waals surface area contributed by atoms with Crippen LogP contribution in [0.15, 0.2) is 54.6 Å². The van der Waals surface area contributed by atoms with Crippen LogP contribution in [0, 0.1) is 0 Å². The minimum atomic E-state index is -1.06. The molecule has 0 aliphatic heterocycles. The van der Waals surface area contributed by atoms with E-state index in [2.05, 4.69) is 10.6 Å². The van der Waals surface area contributed by atoms with E-state index < -0.39 is 29.4 Å². The minimum Gasteiger partial charge on any atom is -0.481 e. The van der Waals surface area contributed by atoms with Crippen LogP contribution in [-0.2, 0) is 9.59 Å². The van der Waals surface area contributed by atoms with Crippen LogP contribution in [0.2, 0.25) is 0 Å². The lowest BCUT2D eigenvalue weighted by Crippen LogP contribution is -2.54. The second-order valence-corrected chi connectivity index (χ2v) is 7.43. The zero-order valence-electron chi connectivity index (χ0n) is 16.5. The van der Waals surface area contributed by atoms with Crippen LogP contribution >= 0.6 is 0 Å². The van der Waals surface area contributed by atoms with Crippen LogP contribution in [-0.4, -0.2) is 46.2 Å². The highest BCUT2D eigenvalue weighted by molar-refractivity contribution is 5.98. The summed E-state index contributed by atoms with van der Waals surface area (Å²) >= 11 is 0. The standard InChI is InChI=1S/C22H26N2O5/c1-22(2,14-25)24-21(29)18(12-13-19(26)27)23-20(28)17-10-8-16(9-11-17)15-6-4-3-5-7-15/h3-11,18,25H,12-14H2,1-2H3,(H,23,28)(H,24,29)(H,26,27)/t18-/m0/s1. The third-order valence-corrected chi connectivity index (χ3v) is 4.38. The van der Waals surface area contributed by atoms with Crippen molar-refractivity contribution in [3.05, 3.63) is 60.2 Å². The number of hydrogen-bond acceptors (Lipinski definition) is 4. The molecule has 0 saturated heterocycles. The number of benzene rings is 2. The molecule has 154 valence electrons. The van der Waals surface area contributed by atoms with Gasteiger partial charge in [-0.3, -0.25) is 14.4 Å². The highest BCUT2D eigenvalue weighted by atomic mass is 16.4. The maximum atomic E-state index is 12.6. The lowest BCUT2D eigenvalue weighted by Gasteiger charge is -2.27. The van der Waals surface area contributed by atoms with Crippen LogP contribution in [0.1, 0.15) is 37.0 Å². The van der Waals surface area contributed by atoms with Crippen molar-refractivity contribution in [3.63, 3.8) is 0 Å². The zero-order valence-corrected chi connectivity index (χ0v) is 16.5. The zero-order chi connectivity index (χ0) is 21.4. The summed E-state index contributed by atoms with van der Waals surface area (Å²) in [6.07, 6.45) is -0.332. The van der Waals surface area contributed by atoms with Crippen LogP contribution in [0.3, 0.4) is 0 Å². The van der Waals surface area contributed by atoms with Crippen molar-refractivity contribution in [2.24, 2.45) is 0 Å². The van der Waals surface area contributed by atoms with Gasteiger partial charge >= 0.3 is 5.97 Å². The Morgan fingerprint density at radius 1 is 0.966 bits per heavy atom. The predicted octanol–water partition coefficient (Wildman–Crippen LogP) is 2.20. The topological polar surface area (TPSA) is 116 Å². The summed E-state index contributed by atoms with van der Waals surface area (Å²) in [5.74, 6) is -2.08. The van der Waals surface area contributed by atoms with Gasteiger partial charge in [0.2, 0.25) is 5.91 Å². The van der Waals surface area contributed by atoms with E-state index in [1.165, 1.54) is 0 Å². The van der Waals surface area contributed by atoms with Gasteiger partial charge < -0.3 is 20.8 Å². The first-order chi connectivity index (χ1) is 13.7. The molecule has 4 N–H and O–H groups in total. The van der Waals surface area contributed by atoms with Crippen molar-refractivity contribution in [1.29, 1.82) is 0 Å². The fourth-order valence-corrected chi connectivity index (χ4v) is 2.68. The molecule has 2 amide bonds. The molecule has 2 aromatic carbocycles. The van der Waals surface area contributed by atoms with Gasteiger partial charge in [-0.15, -0.1) is 0 Å². The fraction of sp³-hybridized carbons (Fsp3) is 0.318. The first kappa shape index (κ1) is 22.1. The summed E-state index contributed by atoms with van der Waals surface area (Å²) in [6.45, 7) is 2.96. The number of rotatable bonds is 9. The van der Waals surface area contributed by atoms with Gasteiger partial charge in [0, 0.05) is 12.0 Å². The SMILES string of the molecule is CC(C)(CO)NC(=O)[C@H](CCC(=O)O)NC(=O)c1ccc(-c2ccccc2)cc1. The maximum absolute atomic E-state index is 12.6. The summed E-state index contributed by atoms with van der Waals surface area (Å²) < 4.78 is 0. The molecule has 0 unspecified atom stereocenters. The van der Waals surface area contributed by atoms with Crippen molar-refractivity contribution in [2.75, 3.05) is 6.61 Å². The Morgan fingerprint density at radius 2 is 1.55 bits per heavy atom. The third kappa shape index (κ3) is 6.73. The smallest absolute Gasteiger partial charge is 0.303 e. The normalized spacial score (nSPS) is 12.1. The van der Waals surface area contributed by atoms with Crippen LogP contribution in [0.4, 0.5) is 0 Å². The molecule has 29 heavy (non-hydrogen) atoms. The molecular formula is C22H26N2O5. The molecule has 0 aliphatic rings. The number of aliphatic hydroxyl groups excluding tert-OH is 1. The lowest BCUT2D eigenvalue weighted by atomic mass is 10.0. The van der Waals surface area contributed by atoms with E-state index in [4.69, 9.17) is 5.11 Å². The van der Waals surface area contributed by atoms with Gasteiger partial charge in [0.15, 0.2) is 0 Å². The van der Waals surface area contributed by atoms with Crippen molar-refractivity contribution in [1.82, 2.24) is 10.6 Å². The summed E-state index contributed by atoms with van der Waals surface area (Å²) in [6, 6.07) is 15.6. The highest BCUT2D eigenvalue weighted by Crippen LogP contribution is 2.19. The Morgan fingerprint density at radius 3 is 2.10 bits per heavy atom. The van der Waals surface area contributed by atoms with E-state index >= 15 is 0 Å². The number of aliphatic carboxylic acids is 1. The van der Waals surface area contributed by atoms with Crippen molar-refractivity contribution >= 4 is 17.8 Å². The molecule has 7 nitrogen and oxygen atoms in total. The van der Waals surface area contributed by atoms with Gasteiger partial charge in [0.1, 0.15) is 6.04 Å². The first-order valence-electron chi connectivity index (χ1n) is 9.33. The number of carbonyl (C=O) groups is 3. The molecule has 0 radical (unpaired) electrons.